The van der Waals surface area contributed by atoms with Gasteiger partial charge in [0.2, 0.25) is 0 Å². The van der Waals surface area contributed by atoms with E-state index in [9.17, 15) is 14.9 Å². The molecule has 0 atom stereocenters. The Morgan fingerprint density at radius 3 is 1.91 bits per heavy atom. The third kappa shape index (κ3) is 6.83. The quantitative estimate of drug-likeness (QED) is 0.0635. The van der Waals surface area contributed by atoms with Gasteiger partial charge in [-0.25, -0.2) is 9.97 Å². The number of nitro benzene ring substituents is 1. The number of halogens is 2. The van der Waals surface area contributed by atoms with E-state index in [4.69, 9.17) is 33.7 Å². The molecule has 46 heavy (non-hydrogen) atoms. The molecule has 0 radical (unpaired) electrons. The smallest absolute Gasteiger partial charge is 0.315 e. The second-order valence-electron chi connectivity index (χ2n) is 10.2. The fourth-order valence-electron chi connectivity index (χ4n) is 4.85. The van der Waals surface area contributed by atoms with E-state index in [1.807, 2.05) is 88.1 Å². The number of carbonyl (C=O) groups is 1. The van der Waals surface area contributed by atoms with Gasteiger partial charge in [0.05, 0.1) is 35.1 Å². The van der Waals surface area contributed by atoms with E-state index < -0.39 is 10.9 Å². The van der Waals surface area contributed by atoms with E-state index >= 15 is 0 Å². The van der Waals surface area contributed by atoms with Crippen LogP contribution in [0.25, 0.3) is 33.8 Å². The summed E-state index contributed by atoms with van der Waals surface area (Å²) in [5.74, 6) is -0.198. The molecule has 0 unspecified atom stereocenters. The van der Waals surface area contributed by atoms with Crippen molar-refractivity contribution in [3.05, 3.63) is 148 Å². The number of nitrogens with two attached hydrogens (primary N) is 1. The first-order valence-electron chi connectivity index (χ1n) is 13.9. The summed E-state index contributed by atoms with van der Waals surface area (Å²) in [4.78, 5) is 31.1. The number of rotatable bonds is 6. The first-order valence-corrected chi connectivity index (χ1v) is 14.6. The molecule has 10 nitrogen and oxygen atoms in total. The number of aromatic nitrogens is 4. The van der Waals surface area contributed by atoms with Gasteiger partial charge in [0.25, 0.3) is 5.69 Å². The number of non-ortho nitro benzene ring substituents is 1. The maximum atomic E-state index is 12.3. The summed E-state index contributed by atoms with van der Waals surface area (Å²) in [6, 6.07) is 27.9. The van der Waals surface area contributed by atoms with Crippen molar-refractivity contribution in [2.75, 3.05) is 5.73 Å². The molecule has 0 spiro atoms. The summed E-state index contributed by atoms with van der Waals surface area (Å²) in [5, 5.41) is 12.0. The number of nitrogen functional groups attached to an aromatic ring is 1. The van der Waals surface area contributed by atoms with E-state index in [2.05, 4.69) is 9.97 Å². The number of fused-ring (bicyclic) bond motifs is 2. The normalized spacial score (nSPS) is 10.8. The molecule has 2 N–H and O–H groups in total. The van der Waals surface area contributed by atoms with Crippen molar-refractivity contribution in [2.24, 2.45) is 0 Å². The second-order valence-corrected chi connectivity index (χ2v) is 11.0. The van der Waals surface area contributed by atoms with Crippen LogP contribution in [0.3, 0.4) is 0 Å². The topological polar surface area (TPSA) is 130 Å². The molecule has 3 aromatic carbocycles. The molecule has 0 saturated carbocycles. The number of benzene rings is 3. The van der Waals surface area contributed by atoms with Gasteiger partial charge < -0.3 is 10.5 Å². The van der Waals surface area contributed by atoms with E-state index in [1.54, 1.807) is 18.3 Å². The molecule has 7 aromatic rings. The van der Waals surface area contributed by atoms with Gasteiger partial charge in [0, 0.05) is 63.5 Å². The zero-order valence-electron chi connectivity index (χ0n) is 24.0. The van der Waals surface area contributed by atoms with Crippen molar-refractivity contribution in [1.29, 1.82) is 0 Å². The lowest BCUT2D eigenvalue weighted by molar-refractivity contribution is -0.384. The molecule has 4 aromatic heterocycles. The summed E-state index contributed by atoms with van der Waals surface area (Å²) in [5.41, 5.74) is 12.6. The number of anilines is 1. The highest BCUT2D eigenvalue weighted by atomic mass is 35.5. The third-order valence-corrected chi connectivity index (χ3v) is 7.45. The van der Waals surface area contributed by atoms with E-state index in [0.717, 1.165) is 45.1 Å². The Bertz CT molecular complexity index is 2210. The lowest BCUT2D eigenvalue weighted by Gasteiger charge is -2.07. The molecule has 228 valence electrons. The molecule has 4 heterocycles. The highest BCUT2D eigenvalue weighted by Gasteiger charge is 2.12. The summed E-state index contributed by atoms with van der Waals surface area (Å²) in [7, 11) is 0. The third-order valence-electron chi connectivity index (χ3n) is 6.98. The van der Waals surface area contributed by atoms with Crippen LogP contribution in [-0.2, 0) is 11.2 Å². The largest absolute Gasteiger partial charge is 0.426 e. The van der Waals surface area contributed by atoms with Crippen LogP contribution in [0.1, 0.15) is 5.56 Å². The Morgan fingerprint density at radius 2 is 1.35 bits per heavy atom. The Kier molecular flexibility index (Phi) is 8.64. The van der Waals surface area contributed by atoms with Crippen LogP contribution in [0.5, 0.6) is 5.75 Å². The zero-order valence-corrected chi connectivity index (χ0v) is 25.5. The lowest BCUT2D eigenvalue weighted by atomic mass is 10.1. The monoisotopic (exact) mass is 650 g/mol. The van der Waals surface area contributed by atoms with E-state index in [-0.39, 0.29) is 17.9 Å². The Morgan fingerprint density at radius 1 is 0.783 bits per heavy atom. The molecule has 0 aliphatic heterocycles. The van der Waals surface area contributed by atoms with Crippen molar-refractivity contribution in [3.63, 3.8) is 0 Å². The fraction of sp³-hybridized carbons (Fsp3) is 0.0294. The summed E-state index contributed by atoms with van der Waals surface area (Å²) in [6.45, 7) is 0. The number of imidazole rings is 2. The van der Waals surface area contributed by atoms with E-state index in [0.29, 0.717) is 10.0 Å². The summed E-state index contributed by atoms with van der Waals surface area (Å²) < 4.78 is 9.18. The van der Waals surface area contributed by atoms with Crippen LogP contribution in [0, 0.1) is 10.1 Å². The average molecular weight is 652 g/mol. The number of nitro groups is 1. The maximum absolute atomic E-state index is 12.3. The van der Waals surface area contributed by atoms with Crippen LogP contribution in [0.15, 0.2) is 122 Å². The van der Waals surface area contributed by atoms with Crippen molar-refractivity contribution in [1.82, 2.24) is 18.8 Å². The minimum atomic E-state index is -0.509. The minimum Gasteiger partial charge on any atom is -0.426 e. The van der Waals surface area contributed by atoms with Gasteiger partial charge in [-0.05, 0) is 48.0 Å². The number of hydrogen-bond donors (Lipinski definition) is 1. The number of nitrogens with zero attached hydrogens (tertiary/aromatic N) is 5. The predicted octanol–water partition coefficient (Wildman–Crippen LogP) is 7.95. The Labute approximate surface area is 272 Å². The molecule has 0 amide bonds. The SMILES string of the molecule is Nc1cccc(-c2cnc3cc(Cl)ccn23)c1.O=C(Cc1cccc(-c2cnc3cc(Cl)ccn23)c1)Oc1ccc([N+](=O)[O-])cc1. The number of ether oxygens (including phenoxy) is 1. The molecule has 7 rings (SSSR count). The second kappa shape index (κ2) is 13.1. The lowest BCUT2D eigenvalue weighted by Crippen LogP contribution is -2.11. The molecule has 0 saturated heterocycles. The fourth-order valence-corrected chi connectivity index (χ4v) is 5.16. The Balaban J connectivity index is 0.000000185. The first kappa shape index (κ1) is 30.3. The van der Waals surface area contributed by atoms with Gasteiger partial charge in [-0.2, -0.15) is 0 Å². The van der Waals surface area contributed by atoms with Crippen LogP contribution < -0.4 is 10.5 Å². The van der Waals surface area contributed by atoms with Crippen LogP contribution in [0.2, 0.25) is 10.0 Å². The van der Waals surface area contributed by atoms with E-state index in [1.165, 1.54) is 24.3 Å². The van der Waals surface area contributed by atoms with Gasteiger partial charge in [0.1, 0.15) is 17.0 Å². The highest BCUT2D eigenvalue weighted by molar-refractivity contribution is 6.31. The van der Waals surface area contributed by atoms with Crippen molar-refractivity contribution >= 4 is 51.8 Å². The van der Waals surface area contributed by atoms with Gasteiger partial charge in [-0.1, -0.05) is 53.5 Å². The molecule has 12 heteroatoms. The zero-order chi connectivity index (χ0) is 32.2. The molecular formula is C34H24Cl2N6O4. The molecular weight excluding hydrogens is 627 g/mol. The molecule has 0 aliphatic rings. The standard InChI is InChI=1S/C21H14ClN3O4.C13H10ClN3/c22-16-8-9-24-19(13-23-20(24)12-16)15-3-1-2-14(10-15)11-21(26)29-18-6-4-17(5-7-18)25(27)28;14-10-4-5-17-12(8-16-13(17)7-10)9-2-1-3-11(15)6-9/h1-10,12-13H,11H2;1-8H,15H2. The average Bonchev–Trinajstić information content (AvgIpc) is 3.65. The van der Waals surface area contributed by atoms with Gasteiger partial charge in [-0.15, -0.1) is 0 Å². The molecule has 0 aliphatic carbocycles. The summed E-state index contributed by atoms with van der Waals surface area (Å²) >= 11 is 11.9. The number of esters is 1. The van der Waals surface area contributed by atoms with Crippen LogP contribution >= 0.6 is 23.2 Å². The van der Waals surface area contributed by atoms with Crippen molar-refractivity contribution in [2.45, 2.75) is 6.42 Å². The van der Waals surface area contributed by atoms with Gasteiger partial charge in [-0.3, -0.25) is 23.7 Å². The highest BCUT2D eigenvalue weighted by Crippen LogP contribution is 2.25. The number of pyridine rings is 2. The Hall–Kier alpha value is -5.71. The maximum Gasteiger partial charge on any atom is 0.315 e. The predicted molar refractivity (Wildman–Crippen MR) is 178 cm³/mol. The summed E-state index contributed by atoms with van der Waals surface area (Å²) in [6.07, 6.45) is 7.38. The molecule has 0 bridgehead atoms. The van der Waals surface area contributed by atoms with Crippen LogP contribution in [0.4, 0.5) is 11.4 Å². The van der Waals surface area contributed by atoms with Gasteiger partial charge >= 0.3 is 5.97 Å². The van der Waals surface area contributed by atoms with Crippen molar-refractivity contribution < 1.29 is 14.5 Å². The number of hydrogen-bond acceptors (Lipinski definition) is 7. The molecule has 0 fully saturated rings. The number of carbonyl (C=O) groups excluding carboxylic acids is 1. The minimum absolute atomic E-state index is 0.0629. The van der Waals surface area contributed by atoms with Gasteiger partial charge in [0.15, 0.2) is 0 Å². The van der Waals surface area contributed by atoms with Crippen molar-refractivity contribution in [3.8, 4) is 28.3 Å². The van der Waals surface area contributed by atoms with Crippen LogP contribution in [-0.4, -0.2) is 29.7 Å². The first-order chi connectivity index (χ1) is 22.2.